The first-order valence-electron chi connectivity index (χ1n) is 12.0. The summed E-state index contributed by atoms with van der Waals surface area (Å²) in [5.74, 6) is -0.692. The molecule has 0 aliphatic carbocycles. The molecular weight excluding hydrogens is 492 g/mol. The number of carbonyl (C=O) groups is 1. The van der Waals surface area contributed by atoms with E-state index in [4.69, 9.17) is 0 Å². The number of amides is 1. The predicted molar refractivity (Wildman–Crippen MR) is 143 cm³/mol. The van der Waals surface area contributed by atoms with Crippen LogP contribution in [0.5, 0.6) is 0 Å². The van der Waals surface area contributed by atoms with E-state index in [0.29, 0.717) is 17.6 Å². The van der Waals surface area contributed by atoms with E-state index in [1.54, 1.807) is 36.4 Å². The van der Waals surface area contributed by atoms with Crippen molar-refractivity contribution in [2.45, 2.75) is 38.1 Å². The SMILES string of the molecule is CC1(C)CCN(c2ccc(C(=O)NS(=O)(=O)c3ccc(CNc4cccc([N+](=O)[O-])c4)cc3)cc2)CC1. The molecule has 3 aromatic carbocycles. The van der Waals surface area contributed by atoms with Crippen molar-refractivity contribution in [1.29, 1.82) is 0 Å². The molecule has 0 saturated carbocycles. The lowest BCUT2D eigenvalue weighted by atomic mass is 9.82. The van der Waals surface area contributed by atoms with Crippen molar-refractivity contribution in [3.05, 3.63) is 94.0 Å². The maximum absolute atomic E-state index is 12.8. The third-order valence-corrected chi connectivity index (χ3v) is 7.97. The normalized spacial score (nSPS) is 15.1. The fraction of sp³-hybridized carbons (Fsp3) is 0.296. The maximum Gasteiger partial charge on any atom is 0.271 e. The number of hydrogen-bond acceptors (Lipinski definition) is 7. The molecule has 10 heteroatoms. The average Bonchev–Trinajstić information content (AvgIpc) is 2.88. The first-order chi connectivity index (χ1) is 17.5. The Bertz CT molecular complexity index is 1380. The number of nitro benzene ring substituents is 1. The zero-order chi connectivity index (χ0) is 26.6. The van der Waals surface area contributed by atoms with E-state index in [9.17, 15) is 23.3 Å². The van der Waals surface area contributed by atoms with Crippen LogP contribution in [0.4, 0.5) is 17.1 Å². The highest BCUT2D eigenvalue weighted by molar-refractivity contribution is 7.90. The van der Waals surface area contributed by atoms with Crippen molar-refractivity contribution in [2.75, 3.05) is 23.3 Å². The lowest BCUT2D eigenvalue weighted by Gasteiger charge is -2.38. The molecule has 1 fully saturated rings. The zero-order valence-electron chi connectivity index (χ0n) is 20.8. The van der Waals surface area contributed by atoms with Crippen LogP contribution in [-0.4, -0.2) is 32.3 Å². The third-order valence-electron chi connectivity index (χ3n) is 6.63. The Kier molecular flexibility index (Phi) is 7.49. The molecule has 0 bridgehead atoms. The van der Waals surface area contributed by atoms with Gasteiger partial charge in [0.15, 0.2) is 0 Å². The van der Waals surface area contributed by atoms with Crippen LogP contribution < -0.4 is 14.9 Å². The maximum atomic E-state index is 12.8. The van der Waals surface area contributed by atoms with Gasteiger partial charge in [0.2, 0.25) is 0 Å². The van der Waals surface area contributed by atoms with Crippen molar-refractivity contribution in [3.63, 3.8) is 0 Å². The van der Waals surface area contributed by atoms with E-state index >= 15 is 0 Å². The summed E-state index contributed by atoms with van der Waals surface area (Å²) in [6.07, 6.45) is 2.19. The molecule has 0 unspecified atom stereocenters. The third kappa shape index (κ3) is 6.65. The van der Waals surface area contributed by atoms with Gasteiger partial charge in [0.05, 0.1) is 9.82 Å². The second kappa shape index (κ2) is 10.6. The van der Waals surface area contributed by atoms with Crippen LogP contribution in [0.2, 0.25) is 0 Å². The van der Waals surface area contributed by atoms with E-state index in [1.807, 2.05) is 12.1 Å². The van der Waals surface area contributed by atoms with Crippen molar-refractivity contribution in [2.24, 2.45) is 5.41 Å². The average molecular weight is 523 g/mol. The summed E-state index contributed by atoms with van der Waals surface area (Å²) in [6, 6.07) is 19.2. The Hall–Kier alpha value is -3.92. The van der Waals surface area contributed by atoms with E-state index in [1.165, 1.54) is 24.3 Å². The minimum atomic E-state index is -4.06. The Balaban J connectivity index is 1.35. The van der Waals surface area contributed by atoms with Gasteiger partial charge in [-0.15, -0.1) is 0 Å². The second-order valence-electron chi connectivity index (χ2n) is 9.94. The van der Waals surface area contributed by atoms with Gasteiger partial charge >= 0.3 is 0 Å². The minimum absolute atomic E-state index is 0.0210. The number of piperidine rings is 1. The molecule has 9 nitrogen and oxygen atoms in total. The summed E-state index contributed by atoms with van der Waals surface area (Å²) in [4.78, 5) is 25.3. The summed E-state index contributed by atoms with van der Waals surface area (Å²) >= 11 is 0. The van der Waals surface area contributed by atoms with Gasteiger partial charge < -0.3 is 10.2 Å². The largest absolute Gasteiger partial charge is 0.381 e. The first kappa shape index (κ1) is 26.2. The number of hydrogen-bond donors (Lipinski definition) is 2. The Labute approximate surface area is 216 Å². The standard InChI is InChI=1S/C27H30N4O5S/c1-27(2)14-16-30(17-15-27)23-10-8-21(9-11-23)26(32)29-37(35,36)25-12-6-20(7-13-25)19-28-22-4-3-5-24(18-22)31(33)34/h3-13,18,28H,14-17,19H2,1-2H3,(H,29,32). The molecule has 0 radical (unpaired) electrons. The van der Waals surface area contributed by atoms with Gasteiger partial charge in [-0.2, -0.15) is 0 Å². The van der Waals surface area contributed by atoms with Crippen molar-refractivity contribution in [3.8, 4) is 0 Å². The fourth-order valence-corrected chi connectivity index (χ4v) is 5.13. The van der Waals surface area contributed by atoms with Gasteiger partial charge in [-0.3, -0.25) is 14.9 Å². The highest BCUT2D eigenvalue weighted by atomic mass is 32.2. The summed E-state index contributed by atoms with van der Waals surface area (Å²) in [5.41, 5.74) is 2.95. The van der Waals surface area contributed by atoms with Crippen LogP contribution in [-0.2, 0) is 16.6 Å². The fourth-order valence-electron chi connectivity index (χ4n) is 4.15. The van der Waals surface area contributed by atoms with Crippen LogP contribution in [0.15, 0.2) is 77.7 Å². The summed E-state index contributed by atoms with van der Waals surface area (Å²) in [6.45, 7) is 6.77. The van der Waals surface area contributed by atoms with Crippen LogP contribution >= 0.6 is 0 Å². The predicted octanol–water partition coefficient (Wildman–Crippen LogP) is 4.95. The van der Waals surface area contributed by atoms with E-state index < -0.39 is 20.9 Å². The smallest absolute Gasteiger partial charge is 0.271 e. The van der Waals surface area contributed by atoms with Gasteiger partial charge in [0.1, 0.15) is 0 Å². The topological polar surface area (TPSA) is 122 Å². The monoisotopic (exact) mass is 522 g/mol. The number of nitro groups is 1. The molecule has 3 aromatic rings. The molecule has 1 saturated heterocycles. The van der Waals surface area contributed by atoms with Gasteiger partial charge in [-0.05, 0) is 66.3 Å². The van der Waals surface area contributed by atoms with Gasteiger partial charge in [0, 0.05) is 48.7 Å². The van der Waals surface area contributed by atoms with E-state index in [2.05, 4.69) is 28.8 Å². The number of sulfonamides is 1. The highest BCUT2D eigenvalue weighted by Gasteiger charge is 2.25. The molecule has 1 aliphatic rings. The highest BCUT2D eigenvalue weighted by Crippen LogP contribution is 2.32. The van der Waals surface area contributed by atoms with Crippen LogP contribution in [0.3, 0.4) is 0 Å². The Morgan fingerprint density at radius 3 is 2.27 bits per heavy atom. The number of anilines is 2. The number of non-ortho nitro benzene ring substituents is 1. The van der Waals surface area contributed by atoms with Crippen molar-refractivity contribution in [1.82, 2.24) is 4.72 Å². The first-order valence-corrected chi connectivity index (χ1v) is 13.5. The van der Waals surface area contributed by atoms with Gasteiger partial charge in [0.25, 0.3) is 21.6 Å². The lowest BCUT2D eigenvalue weighted by molar-refractivity contribution is -0.384. The zero-order valence-corrected chi connectivity index (χ0v) is 21.6. The van der Waals surface area contributed by atoms with Crippen LogP contribution in [0, 0.1) is 15.5 Å². The van der Waals surface area contributed by atoms with E-state index in [-0.39, 0.29) is 16.1 Å². The number of rotatable bonds is 8. The number of nitrogens with one attached hydrogen (secondary N) is 2. The Morgan fingerprint density at radius 2 is 1.65 bits per heavy atom. The number of benzene rings is 3. The minimum Gasteiger partial charge on any atom is -0.381 e. The number of carbonyl (C=O) groups excluding carboxylic acids is 1. The Morgan fingerprint density at radius 1 is 1.00 bits per heavy atom. The molecule has 2 N–H and O–H groups in total. The molecule has 0 aromatic heterocycles. The molecule has 37 heavy (non-hydrogen) atoms. The summed E-state index contributed by atoms with van der Waals surface area (Å²) < 4.78 is 27.7. The molecule has 1 amide bonds. The van der Waals surface area contributed by atoms with Crippen LogP contribution in [0.25, 0.3) is 0 Å². The molecule has 0 spiro atoms. The molecule has 0 atom stereocenters. The molecule has 1 heterocycles. The molecule has 4 rings (SSSR count). The van der Waals surface area contributed by atoms with Gasteiger partial charge in [-0.1, -0.05) is 32.0 Å². The molecule has 194 valence electrons. The molecular formula is C27H30N4O5S. The van der Waals surface area contributed by atoms with Crippen molar-refractivity contribution < 1.29 is 18.1 Å². The summed E-state index contributed by atoms with van der Waals surface area (Å²) in [7, 11) is -4.06. The lowest BCUT2D eigenvalue weighted by Crippen LogP contribution is -2.37. The van der Waals surface area contributed by atoms with Gasteiger partial charge in [-0.25, -0.2) is 13.1 Å². The van der Waals surface area contributed by atoms with E-state index in [0.717, 1.165) is 37.2 Å². The number of nitrogens with zero attached hydrogens (tertiary/aromatic N) is 2. The second-order valence-corrected chi connectivity index (χ2v) is 11.6. The quantitative estimate of drug-likeness (QED) is 0.317. The van der Waals surface area contributed by atoms with Crippen molar-refractivity contribution >= 4 is 33.0 Å². The summed E-state index contributed by atoms with van der Waals surface area (Å²) in [5, 5.41) is 14.0. The molecule has 1 aliphatic heterocycles. The van der Waals surface area contributed by atoms with Crippen LogP contribution in [0.1, 0.15) is 42.6 Å².